The summed E-state index contributed by atoms with van der Waals surface area (Å²) in [4.78, 5) is 28.6. The minimum absolute atomic E-state index is 0.184. The summed E-state index contributed by atoms with van der Waals surface area (Å²) in [6, 6.07) is 0. The van der Waals surface area contributed by atoms with Gasteiger partial charge in [0.15, 0.2) is 5.52 Å². The van der Waals surface area contributed by atoms with Gasteiger partial charge < -0.3 is 0 Å². The molecule has 2 aromatic rings. The van der Waals surface area contributed by atoms with Crippen LogP contribution < -0.4 is 11.2 Å². The molecule has 0 saturated carbocycles. The van der Waals surface area contributed by atoms with Gasteiger partial charge >= 0.3 is 11.9 Å². The number of H-pyrrole nitrogens is 2. The summed E-state index contributed by atoms with van der Waals surface area (Å²) in [5, 5.41) is -1.16. The second-order valence-corrected chi connectivity index (χ2v) is 3.60. The molecule has 2 N–H and O–H groups in total. The Hall–Kier alpha value is -1.64. The van der Waals surface area contributed by atoms with Gasteiger partial charge in [-0.2, -0.15) is 13.2 Å². The van der Waals surface area contributed by atoms with Crippen molar-refractivity contribution in [1.82, 2.24) is 15.0 Å². The van der Waals surface area contributed by atoms with E-state index in [9.17, 15) is 22.8 Å². The van der Waals surface area contributed by atoms with Crippen molar-refractivity contribution in [3.63, 3.8) is 0 Å². The molecule has 0 radical (unpaired) electrons. The maximum absolute atomic E-state index is 12.2. The molecule has 0 saturated heterocycles. The highest BCUT2D eigenvalue weighted by molar-refractivity contribution is 7.18. The molecule has 2 aromatic heterocycles. The fourth-order valence-electron chi connectivity index (χ4n) is 0.977. The number of nitrogens with one attached hydrogen (secondary N) is 2. The highest BCUT2D eigenvalue weighted by atomic mass is 32.1. The van der Waals surface area contributed by atoms with E-state index in [1.165, 1.54) is 0 Å². The largest absolute Gasteiger partial charge is 0.443 e. The third-order valence-corrected chi connectivity index (χ3v) is 2.55. The van der Waals surface area contributed by atoms with E-state index in [2.05, 4.69) is 9.97 Å². The number of hydrogen-bond donors (Lipinski definition) is 2. The molecular weight excluding hydrogens is 235 g/mol. The summed E-state index contributed by atoms with van der Waals surface area (Å²) in [6.45, 7) is 0. The number of nitrogens with zero attached hydrogens (tertiary/aromatic N) is 1. The van der Waals surface area contributed by atoms with Crippen molar-refractivity contribution in [3.8, 4) is 0 Å². The standard InChI is InChI=1S/C6H2F3N3O2S/c7-6(8,9)4-10-1-2(13)11-5(14)12-3(1)15-4/h(H2,11,12,13,14). The van der Waals surface area contributed by atoms with Crippen LogP contribution >= 0.6 is 11.3 Å². The highest BCUT2D eigenvalue weighted by Gasteiger charge is 2.35. The van der Waals surface area contributed by atoms with Crippen LogP contribution in [0.2, 0.25) is 0 Å². The average molecular weight is 237 g/mol. The molecule has 0 aromatic carbocycles. The molecule has 0 aliphatic carbocycles. The van der Waals surface area contributed by atoms with Gasteiger partial charge in [0.1, 0.15) is 4.83 Å². The first-order valence-corrected chi connectivity index (χ1v) is 4.40. The van der Waals surface area contributed by atoms with E-state index in [4.69, 9.17) is 0 Å². The van der Waals surface area contributed by atoms with Gasteiger partial charge in [-0.15, -0.1) is 0 Å². The van der Waals surface area contributed by atoms with Gasteiger partial charge in [0.05, 0.1) is 0 Å². The highest BCUT2D eigenvalue weighted by Crippen LogP contribution is 2.33. The molecule has 80 valence electrons. The second kappa shape index (κ2) is 2.92. The third-order valence-electron chi connectivity index (χ3n) is 1.54. The Morgan fingerprint density at radius 1 is 1.20 bits per heavy atom. The van der Waals surface area contributed by atoms with E-state index in [0.717, 1.165) is 0 Å². The first-order chi connectivity index (χ1) is 6.88. The van der Waals surface area contributed by atoms with E-state index in [1.807, 2.05) is 0 Å². The molecule has 0 aliphatic heterocycles. The Balaban J connectivity index is 2.83. The van der Waals surface area contributed by atoms with Crippen LogP contribution in [0.5, 0.6) is 0 Å². The predicted octanol–water partition coefficient (Wildman–Crippen LogP) is 0.692. The first-order valence-electron chi connectivity index (χ1n) is 3.58. The van der Waals surface area contributed by atoms with Gasteiger partial charge in [0, 0.05) is 0 Å². The van der Waals surface area contributed by atoms with Crippen molar-refractivity contribution in [2.24, 2.45) is 0 Å². The fourth-order valence-corrected chi connectivity index (χ4v) is 1.80. The Kier molecular flexibility index (Phi) is 1.93. The molecule has 0 atom stereocenters. The van der Waals surface area contributed by atoms with Crippen LogP contribution in [-0.4, -0.2) is 15.0 Å². The molecule has 0 fully saturated rings. The van der Waals surface area contributed by atoms with Gasteiger partial charge in [0.2, 0.25) is 5.01 Å². The topological polar surface area (TPSA) is 78.6 Å². The normalized spacial score (nSPS) is 12.2. The molecule has 0 aliphatic rings. The molecule has 0 unspecified atom stereocenters. The van der Waals surface area contributed by atoms with Gasteiger partial charge in [-0.25, -0.2) is 9.78 Å². The van der Waals surface area contributed by atoms with E-state index in [-0.39, 0.29) is 16.2 Å². The average Bonchev–Trinajstić information content (AvgIpc) is 2.46. The van der Waals surface area contributed by atoms with Gasteiger partial charge in [-0.05, 0) is 0 Å². The predicted molar refractivity (Wildman–Crippen MR) is 45.9 cm³/mol. The Morgan fingerprint density at radius 2 is 1.87 bits per heavy atom. The number of aromatic nitrogens is 3. The lowest BCUT2D eigenvalue weighted by molar-refractivity contribution is -0.137. The van der Waals surface area contributed by atoms with Crippen LogP contribution in [0.15, 0.2) is 9.59 Å². The Morgan fingerprint density at radius 3 is 2.47 bits per heavy atom. The second-order valence-electron chi connectivity index (χ2n) is 2.60. The van der Waals surface area contributed by atoms with Crippen LogP contribution in [-0.2, 0) is 6.18 Å². The lowest BCUT2D eigenvalue weighted by atomic mass is 10.6. The van der Waals surface area contributed by atoms with Crippen molar-refractivity contribution in [1.29, 1.82) is 0 Å². The Labute approximate surface area is 82.6 Å². The molecule has 0 bridgehead atoms. The van der Waals surface area contributed by atoms with Crippen molar-refractivity contribution in [3.05, 3.63) is 25.8 Å². The van der Waals surface area contributed by atoms with E-state index < -0.39 is 27.9 Å². The van der Waals surface area contributed by atoms with Crippen LogP contribution in [0, 0.1) is 0 Å². The fraction of sp³-hybridized carbons (Fsp3) is 0.167. The SMILES string of the molecule is O=c1[nH]c(=O)c2nc(C(F)(F)F)sc2[nH]1. The molecule has 15 heavy (non-hydrogen) atoms. The van der Waals surface area contributed by atoms with E-state index >= 15 is 0 Å². The number of thiazole rings is 1. The zero-order chi connectivity index (χ0) is 11.2. The maximum Gasteiger partial charge on any atom is 0.443 e. The van der Waals surface area contributed by atoms with Crippen molar-refractivity contribution in [2.45, 2.75) is 6.18 Å². The van der Waals surface area contributed by atoms with Gasteiger partial charge in [-0.3, -0.25) is 14.8 Å². The van der Waals surface area contributed by atoms with Gasteiger partial charge in [-0.1, -0.05) is 11.3 Å². The molecule has 0 spiro atoms. The summed E-state index contributed by atoms with van der Waals surface area (Å²) in [5.74, 6) is 0. The van der Waals surface area contributed by atoms with Crippen LogP contribution in [0.1, 0.15) is 5.01 Å². The Bertz CT molecular complexity index is 623. The van der Waals surface area contributed by atoms with Gasteiger partial charge in [0.25, 0.3) is 5.56 Å². The molecule has 0 amide bonds. The van der Waals surface area contributed by atoms with Crippen molar-refractivity contribution < 1.29 is 13.2 Å². The number of hydrogen-bond acceptors (Lipinski definition) is 4. The van der Waals surface area contributed by atoms with Crippen LogP contribution in [0.25, 0.3) is 10.3 Å². The first kappa shape index (κ1) is 9.90. The minimum atomic E-state index is -4.62. The number of fused-ring (bicyclic) bond motifs is 1. The summed E-state index contributed by atoms with van der Waals surface area (Å²) in [6.07, 6.45) is -4.62. The van der Waals surface area contributed by atoms with Crippen molar-refractivity contribution >= 4 is 21.7 Å². The van der Waals surface area contributed by atoms with Crippen LogP contribution in [0.3, 0.4) is 0 Å². The smallest absolute Gasteiger partial charge is 0.297 e. The minimum Gasteiger partial charge on any atom is -0.297 e. The third kappa shape index (κ3) is 1.65. The number of halogens is 3. The zero-order valence-corrected chi connectivity index (χ0v) is 7.62. The number of aromatic amines is 2. The molecule has 2 rings (SSSR count). The summed E-state index contributed by atoms with van der Waals surface area (Å²) >= 11 is 0.221. The molecule has 9 heteroatoms. The number of rotatable bonds is 0. The van der Waals surface area contributed by atoms with Crippen molar-refractivity contribution in [2.75, 3.05) is 0 Å². The summed E-state index contributed by atoms with van der Waals surface area (Å²) in [5.41, 5.74) is -2.20. The summed E-state index contributed by atoms with van der Waals surface area (Å²) in [7, 11) is 0. The lowest BCUT2D eigenvalue weighted by Crippen LogP contribution is -2.21. The molecular formula is C6H2F3N3O2S. The zero-order valence-electron chi connectivity index (χ0n) is 6.81. The molecule has 5 nitrogen and oxygen atoms in total. The van der Waals surface area contributed by atoms with E-state index in [0.29, 0.717) is 0 Å². The number of alkyl halides is 3. The van der Waals surface area contributed by atoms with Crippen LogP contribution in [0.4, 0.5) is 13.2 Å². The lowest BCUT2D eigenvalue weighted by Gasteiger charge is -1.97. The maximum atomic E-state index is 12.2. The molecule has 2 heterocycles. The quantitative estimate of drug-likeness (QED) is 0.707. The monoisotopic (exact) mass is 237 g/mol. The van der Waals surface area contributed by atoms with E-state index in [1.54, 1.807) is 4.98 Å². The summed E-state index contributed by atoms with van der Waals surface area (Å²) < 4.78 is 36.6.